The van der Waals surface area contributed by atoms with Crippen molar-refractivity contribution in [2.75, 3.05) is 5.75 Å². The minimum Gasteiger partial charge on any atom is -0.293 e. The van der Waals surface area contributed by atoms with Gasteiger partial charge in [-0.3, -0.25) is 19.5 Å². The van der Waals surface area contributed by atoms with Crippen LogP contribution in [-0.4, -0.2) is 31.2 Å². The number of hydrogen-bond donors (Lipinski definition) is 0. The maximum atomic E-state index is 12.7. The highest BCUT2D eigenvalue weighted by molar-refractivity contribution is 7.99. The van der Waals surface area contributed by atoms with Crippen molar-refractivity contribution in [3.8, 4) is 17.1 Å². The minimum atomic E-state index is -0.519. The molecule has 0 aliphatic heterocycles. The Kier molecular flexibility index (Phi) is 6.34. The van der Waals surface area contributed by atoms with E-state index in [0.717, 1.165) is 16.8 Å². The lowest BCUT2D eigenvalue weighted by Crippen LogP contribution is -2.06. The van der Waals surface area contributed by atoms with Crippen molar-refractivity contribution >= 4 is 34.8 Å². The molecule has 0 saturated heterocycles. The lowest BCUT2D eigenvalue weighted by Gasteiger charge is -2.13. The topological polar surface area (TPSA) is 90.9 Å². The number of halogens is 1. The van der Waals surface area contributed by atoms with Crippen LogP contribution in [0.1, 0.15) is 15.9 Å². The molecule has 3 aromatic carbocycles. The summed E-state index contributed by atoms with van der Waals surface area (Å²) in [6, 6.07) is 20.9. The molecule has 0 atom stereocenters. The lowest BCUT2D eigenvalue weighted by atomic mass is 10.1. The fourth-order valence-corrected chi connectivity index (χ4v) is 4.28. The fraction of sp³-hybridized carbons (Fsp3) is 0.0870. The van der Waals surface area contributed by atoms with Gasteiger partial charge >= 0.3 is 0 Å². The molecule has 4 aromatic rings. The molecule has 0 bridgehead atoms. The van der Waals surface area contributed by atoms with Gasteiger partial charge in [-0.1, -0.05) is 65.8 Å². The second-order valence-electron chi connectivity index (χ2n) is 6.93. The van der Waals surface area contributed by atoms with Crippen molar-refractivity contribution in [2.24, 2.45) is 0 Å². The molecule has 1 aromatic heterocycles. The number of nitro benzene ring substituents is 1. The van der Waals surface area contributed by atoms with Crippen LogP contribution >= 0.6 is 23.4 Å². The number of para-hydroxylation sites is 1. The molecule has 0 aliphatic carbocycles. The Morgan fingerprint density at radius 1 is 1.06 bits per heavy atom. The van der Waals surface area contributed by atoms with Gasteiger partial charge < -0.3 is 0 Å². The third-order valence-corrected chi connectivity index (χ3v) is 6.07. The van der Waals surface area contributed by atoms with Gasteiger partial charge in [-0.2, -0.15) is 0 Å². The second kappa shape index (κ2) is 9.33. The van der Waals surface area contributed by atoms with Gasteiger partial charge in [-0.25, -0.2) is 0 Å². The number of Topliss-reactive ketones (excluding diaryl/α,β-unsaturated/α-hetero) is 1. The van der Waals surface area contributed by atoms with Crippen molar-refractivity contribution in [3.63, 3.8) is 0 Å². The largest absolute Gasteiger partial charge is 0.293 e. The summed E-state index contributed by atoms with van der Waals surface area (Å²) >= 11 is 7.63. The van der Waals surface area contributed by atoms with E-state index in [2.05, 4.69) is 10.2 Å². The normalized spacial score (nSPS) is 10.8. The van der Waals surface area contributed by atoms with E-state index in [0.29, 0.717) is 16.0 Å². The molecule has 32 heavy (non-hydrogen) atoms. The number of non-ortho nitro benzene ring substituents is 1. The highest BCUT2D eigenvalue weighted by Crippen LogP contribution is 2.33. The first kappa shape index (κ1) is 21.7. The van der Waals surface area contributed by atoms with Gasteiger partial charge in [0.2, 0.25) is 0 Å². The number of carbonyl (C=O) groups is 1. The standard InChI is InChI=1S/C23H17ClN4O3S/c1-15-7-2-5-12-20(15)27-22(18-10-3-4-11-19(18)24)25-26-23(27)32-14-21(29)16-8-6-9-17(13-16)28(30)31/h2-13H,14H2,1H3. The van der Waals surface area contributed by atoms with Crippen molar-refractivity contribution in [1.82, 2.24) is 14.8 Å². The number of rotatable bonds is 7. The quantitative estimate of drug-likeness (QED) is 0.149. The van der Waals surface area contributed by atoms with E-state index in [4.69, 9.17) is 11.6 Å². The molecule has 0 unspecified atom stereocenters. The van der Waals surface area contributed by atoms with Gasteiger partial charge in [0.1, 0.15) is 0 Å². The van der Waals surface area contributed by atoms with Crippen LogP contribution in [0.5, 0.6) is 0 Å². The van der Waals surface area contributed by atoms with Crippen LogP contribution in [0, 0.1) is 17.0 Å². The molecule has 9 heteroatoms. The highest BCUT2D eigenvalue weighted by Gasteiger charge is 2.20. The summed E-state index contributed by atoms with van der Waals surface area (Å²) in [5, 5.41) is 20.8. The first-order valence-electron chi connectivity index (χ1n) is 9.62. The van der Waals surface area contributed by atoms with Crippen molar-refractivity contribution in [3.05, 3.63) is 99.1 Å². The second-order valence-corrected chi connectivity index (χ2v) is 8.28. The Hall–Kier alpha value is -3.49. The van der Waals surface area contributed by atoms with Gasteiger partial charge in [0.25, 0.3) is 5.69 Å². The van der Waals surface area contributed by atoms with Gasteiger partial charge in [-0.15, -0.1) is 10.2 Å². The fourth-order valence-electron chi connectivity index (χ4n) is 3.22. The Morgan fingerprint density at radius 2 is 1.81 bits per heavy atom. The average molecular weight is 465 g/mol. The molecule has 0 spiro atoms. The van der Waals surface area contributed by atoms with Gasteiger partial charge in [0.15, 0.2) is 16.8 Å². The number of benzene rings is 3. The van der Waals surface area contributed by atoms with Crippen LogP contribution in [-0.2, 0) is 0 Å². The maximum Gasteiger partial charge on any atom is 0.270 e. The molecule has 0 saturated carbocycles. The molecule has 0 radical (unpaired) electrons. The maximum absolute atomic E-state index is 12.7. The zero-order valence-corrected chi connectivity index (χ0v) is 18.5. The summed E-state index contributed by atoms with van der Waals surface area (Å²) in [6.45, 7) is 1.98. The van der Waals surface area contributed by atoms with Gasteiger partial charge in [0, 0.05) is 23.3 Å². The number of thioether (sulfide) groups is 1. The smallest absolute Gasteiger partial charge is 0.270 e. The van der Waals surface area contributed by atoms with Crippen LogP contribution < -0.4 is 0 Å². The lowest BCUT2D eigenvalue weighted by molar-refractivity contribution is -0.384. The predicted molar refractivity (Wildman–Crippen MR) is 125 cm³/mol. The first-order chi connectivity index (χ1) is 15.5. The molecule has 0 amide bonds. The molecule has 160 valence electrons. The number of nitro groups is 1. The van der Waals surface area contributed by atoms with Crippen molar-refractivity contribution in [2.45, 2.75) is 12.1 Å². The number of hydrogen-bond acceptors (Lipinski definition) is 6. The average Bonchev–Trinajstić information content (AvgIpc) is 3.21. The molecule has 0 aliphatic rings. The number of aromatic nitrogens is 3. The van der Waals surface area contributed by atoms with Crippen LogP contribution in [0.15, 0.2) is 78.0 Å². The Bertz CT molecular complexity index is 1320. The van der Waals surface area contributed by atoms with E-state index < -0.39 is 4.92 Å². The Balaban J connectivity index is 1.70. The SMILES string of the molecule is Cc1ccccc1-n1c(SCC(=O)c2cccc([N+](=O)[O-])c2)nnc1-c1ccccc1Cl. The summed E-state index contributed by atoms with van der Waals surface area (Å²) in [7, 11) is 0. The molecule has 0 N–H and O–H groups in total. The van der Waals surface area contributed by atoms with E-state index >= 15 is 0 Å². The Morgan fingerprint density at radius 3 is 2.56 bits per heavy atom. The summed E-state index contributed by atoms with van der Waals surface area (Å²) in [5.74, 6) is 0.376. The zero-order chi connectivity index (χ0) is 22.7. The van der Waals surface area contributed by atoms with E-state index in [1.54, 1.807) is 12.1 Å². The minimum absolute atomic E-state index is 0.0493. The van der Waals surface area contributed by atoms with E-state index in [1.807, 2.05) is 54.0 Å². The van der Waals surface area contributed by atoms with Crippen LogP contribution in [0.25, 0.3) is 17.1 Å². The van der Waals surface area contributed by atoms with Crippen LogP contribution in [0.3, 0.4) is 0 Å². The van der Waals surface area contributed by atoms with E-state index in [1.165, 1.54) is 30.0 Å². The summed E-state index contributed by atoms with van der Waals surface area (Å²) in [4.78, 5) is 23.2. The molecule has 1 heterocycles. The number of ketones is 1. The zero-order valence-electron chi connectivity index (χ0n) is 16.9. The molecular weight excluding hydrogens is 448 g/mol. The predicted octanol–water partition coefficient (Wildman–Crippen LogP) is 5.78. The van der Waals surface area contributed by atoms with Crippen LogP contribution in [0.2, 0.25) is 5.02 Å². The summed E-state index contributed by atoms with van der Waals surface area (Å²) in [5.41, 5.74) is 2.76. The van der Waals surface area contributed by atoms with Crippen molar-refractivity contribution in [1.29, 1.82) is 0 Å². The first-order valence-corrected chi connectivity index (χ1v) is 11.0. The molecule has 0 fully saturated rings. The molecule has 7 nitrogen and oxygen atoms in total. The molecular formula is C23H17ClN4O3S. The third-order valence-electron chi connectivity index (χ3n) is 4.82. The van der Waals surface area contributed by atoms with Crippen LogP contribution in [0.4, 0.5) is 5.69 Å². The van der Waals surface area contributed by atoms with Gasteiger partial charge in [-0.05, 0) is 30.7 Å². The van der Waals surface area contributed by atoms with E-state index in [-0.39, 0.29) is 22.8 Å². The number of aryl methyl sites for hydroxylation is 1. The third kappa shape index (κ3) is 4.42. The van der Waals surface area contributed by atoms with E-state index in [9.17, 15) is 14.9 Å². The summed E-state index contributed by atoms with van der Waals surface area (Å²) < 4.78 is 1.88. The Labute approximate surface area is 193 Å². The molecule has 4 rings (SSSR count). The highest BCUT2D eigenvalue weighted by atomic mass is 35.5. The number of nitrogens with zero attached hydrogens (tertiary/aromatic N) is 4. The van der Waals surface area contributed by atoms with Gasteiger partial charge in [0.05, 0.1) is 21.4 Å². The van der Waals surface area contributed by atoms with Crippen molar-refractivity contribution < 1.29 is 9.72 Å². The summed E-state index contributed by atoms with van der Waals surface area (Å²) in [6.07, 6.45) is 0. The number of carbonyl (C=O) groups excluding carboxylic acids is 1. The monoisotopic (exact) mass is 464 g/mol.